The van der Waals surface area contributed by atoms with Gasteiger partial charge in [0.05, 0.1) is 11.4 Å². The van der Waals surface area contributed by atoms with Gasteiger partial charge in [0.2, 0.25) is 0 Å². The first-order chi connectivity index (χ1) is 8.40. The van der Waals surface area contributed by atoms with E-state index in [1.807, 2.05) is 4.72 Å². The Labute approximate surface area is 106 Å². The normalized spacial score (nSPS) is 11.4. The number of rotatable bonds is 3. The van der Waals surface area contributed by atoms with Crippen molar-refractivity contribution in [2.24, 2.45) is 0 Å². The fraction of sp³-hybridized carbons (Fsp3) is 0. The van der Waals surface area contributed by atoms with E-state index >= 15 is 0 Å². The number of benzene rings is 1. The summed E-state index contributed by atoms with van der Waals surface area (Å²) < 4.78 is 52.0. The van der Waals surface area contributed by atoms with E-state index in [0.29, 0.717) is 6.07 Å². The number of hydrogen-bond acceptors (Lipinski definition) is 4. The van der Waals surface area contributed by atoms with Crippen LogP contribution in [0, 0.1) is 11.6 Å². The molecule has 0 bridgehead atoms. The molecule has 0 radical (unpaired) electrons. The fourth-order valence-electron chi connectivity index (χ4n) is 1.26. The van der Waals surface area contributed by atoms with Gasteiger partial charge in [0.1, 0.15) is 15.8 Å². The standard InChI is InChI=1S/C10H8F2N2O2S2/c11-6-4-7(12)9(5-8(6)13)14-18(15,16)10-2-1-3-17-10/h1-5,14H,13H2. The van der Waals surface area contributed by atoms with E-state index in [1.165, 1.54) is 6.07 Å². The van der Waals surface area contributed by atoms with Crippen LogP contribution in [0.3, 0.4) is 0 Å². The number of nitrogens with two attached hydrogens (primary N) is 1. The molecule has 4 nitrogen and oxygen atoms in total. The smallest absolute Gasteiger partial charge is 0.271 e. The van der Waals surface area contributed by atoms with Crippen molar-refractivity contribution in [2.45, 2.75) is 4.21 Å². The molecular weight excluding hydrogens is 282 g/mol. The van der Waals surface area contributed by atoms with Crippen molar-refractivity contribution < 1.29 is 17.2 Å². The number of thiophene rings is 1. The highest BCUT2D eigenvalue weighted by molar-refractivity contribution is 7.94. The lowest BCUT2D eigenvalue weighted by Gasteiger charge is -2.08. The van der Waals surface area contributed by atoms with Crippen LogP contribution in [0.1, 0.15) is 0 Å². The summed E-state index contributed by atoms with van der Waals surface area (Å²) in [4.78, 5) is 0. The lowest BCUT2D eigenvalue weighted by Crippen LogP contribution is -2.13. The van der Waals surface area contributed by atoms with Crippen LogP contribution < -0.4 is 10.5 Å². The lowest BCUT2D eigenvalue weighted by molar-refractivity contribution is 0.585. The first-order valence-corrected chi connectivity index (χ1v) is 7.07. The molecule has 8 heteroatoms. The molecule has 0 spiro atoms. The zero-order chi connectivity index (χ0) is 13.3. The van der Waals surface area contributed by atoms with Crippen LogP contribution in [-0.2, 0) is 10.0 Å². The molecule has 18 heavy (non-hydrogen) atoms. The highest BCUT2D eigenvalue weighted by atomic mass is 32.2. The molecular formula is C10H8F2N2O2S2. The van der Waals surface area contributed by atoms with Crippen LogP contribution in [0.15, 0.2) is 33.9 Å². The van der Waals surface area contributed by atoms with Gasteiger partial charge in [0, 0.05) is 6.07 Å². The zero-order valence-electron chi connectivity index (χ0n) is 8.85. The molecule has 1 aromatic carbocycles. The van der Waals surface area contributed by atoms with E-state index in [2.05, 4.69) is 0 Å². The minimum Gasteiger partial charge on any atom is -0.396 e. The van der Waals surface area contributed by atoms with Crippen molar-refractivity contribution in [3.63, 3.8) is 0 Å². The molecule has 0 fully saturated rings. The summed E-state index contributed by atoms with van der Waals surface area (Å²) in [6.45, 7) is 0. The average molecular weight is 290 g/mol. The summed E-state index contributed by atoms with van der Waals surface area (Å²) in [7, 11) is -3.87. The number of sulfonamides is 1. The number of nitrogens with one attached hydrogen (secondary N) is 1. The monoisotopic (exact) mass is 290 g/mol. The van der Waals surface area contributed by atoms with Crippen molar-refractivity contribution in [2.75, 3.05) is 10.5 Å². The Hall–Kier alpha value is -1.67. The van der Waals surface area contributed by atoms with Gasteiger partial charge in [0.25, 0.3) is 10.0 Å². The molecule has 0 atom stereocenters. The Morgan fingerprint density at radius 1 is 1.22 bits per heavy atom. The molecule has 0 saturated carbocycles. The third-order valence-corrected chi connectivity index (χ3v) is 4.85. The van der Waals surface area contributed by atoms with Crippen LogP contribution in [0.4, 0.5) is 20.2 Å². The first kappa shape index (κ1) is 12.8. The van der Waals surface area contributed by atoms with Crippen molar-refractivity contribution in [1.29, 1.82) is 0 Å². The summed E-state index contributed by atoms with van der Waals surface area (Å²) in [5.41, 5.74) is 4.53. The van der Waals surface area contributed by atoms with E-state index in [4.69, 9.17) is 5.73 Å². The van der Waals surface area contributed by atoms with Gasteiger partial charge in [-0.3, -0.25) is 4.72 Å². The molecule has 0 amide bonds. The molecule has 0 unspecified atom stereocenters. The molecule has 0 aliphatic rings. The van der Waals surface area contributed by atoms with Gasteiger partial charge in [-0.05, 0) is 17.5 Å². The van der Waals surface area contributed by atoms with Crippen molar-refractivity contribution in [1.82, 2.24) is 0 Å². The van der Waals surface area contributed by atoms with Gasteiger partial charge in [-0.2, -0.15) is 0 Å². The highest BCUT2D eigenvalue weighted by Crippen LogP contribution is 2.25. The summed E-state index contributed by atoms with van der Waals surface area (Å²) in [5, 5.41) is 1.57. The predicted octanol–water partition coefficient (Wildman–Crippen LogP) is 2.41. The number of anilines is 2. The van der Waals surface area contributed by atoms with Crippen molar-refractivity contribution in [3.8, 4) is 0 Å². The molecule has 0 saturated heterocycles. The molecule has 0 aliphatic carbocycles. The maximum absolute atomic E-state index is 13.4. The number of hydrogen-bond donors (Lipinski definition) is 2. The molecule has 2 rings (SSSR count). The van der Waals surface area contributed by atoms with Gasteiger partial charge >= 0.3 is 0 Å². The van der Waals surface area contributed by atoms with Gasteiger partial charge < -0.3 is 5.73 Å². The van der Waals surface area contributed by atoms with E-state index in [1.54, 1.807) is 11.4 Å². The number of halogens is 2. The molecule has 2 aromatic rings. The maximum Gasteiger partial charge on any atom is 0.271 e. The second-order valence-electron chi connectivity index (χ2n) is 3.39. The van der Waals surface area contributed by atoms with Crippen LogP contribution in [0.5, 0.6) is 0 Å². The highest BCUT2D eigenvalue weighted by Gasteiger charge is 2.18. The van der Waals surface area contributed by atoms with Gasteiger partial charge in [-0.25, -0.2) is 17.2 Å². The van der Waals surface area contributed by atoms with Crippen LogP contribution in [0.2, 0.25) is 0 Å². The third kappa shape index (κ3) is 2.44. The molecule has 3 N–H and O–H groups in total. The Bertz CT molecular complexity index is 669. The summed E-state index contributed by atoms with van der Waals surface area (Å²) in [6.07, 6.45) is 0. The second-order valence-corrected chi connectivity index (χ2v) is 6.25. The van der Waals surface area contributed by atoms with E-state index in [0.717, 1.165) is 17.4 Å². The molecule has 1 heterocycles. The maximum atomic E-state index is 13.4. The average Bonchev–Trinajstić information content (AvgIpc) is 2.79. The topological polar surface area (TPSA) is 72.2 Å². The van der Waals surface area contributed by atoms with Gasteiger partial charge in [-0.1, -0.05) is 6.07 Å². The second kappa shape index (κ2) is 4.54. The Morgan fingerprint density at radius 3 is 2.56 bits per heavy atom. The number of nitrogen functional groups attached to an aromatic ring is 1. The van der Waals surface area contributed by atoms with Gasteiger partial charge in [-0.15, -0.1) is 11.3 Å². The van der Waals surface area contributed by atoms with Crippen LogP contribution >= 0.6 is 11.3 Å². The fourth-order valence-corrected chi connectivity index (χ4v) is 3.31. The lowest BCUT2D eigenvalue weighted by atomic mass is 10.2. The molecule has 96 valence electrons. The SMILES string of the molecule is Nc1cc(NS(=O)(=O)c2cccs2)c(F)cc1F. The predicted molar refractivity (Wildman–Crippen MR) is 65.9 cm³/mol. The van der Waals surface area contributed by atoms with E-state index in [-0.39, 0.29) is 15.6 Å². The Kier molecular flexibility index (Phi) is 3.22. The summed E-state index contributed by atoms with van der Waals surface area (Å²) in [6, 6.07) is 4.35. The summed E-state index contributed by atoms with van der Waals surface area (Å²) >= 11 is 0.984. The third-order valence-electron chi connectivity index (χ3n) is 2.09. The largest absolute Gasteiger partial charge is 0.396 e. The zero-order valence-corrected chi connectivity index (χ0v) is 10.5. The minimum absolute atomic E-state index is 0.0322. The molecule has 0 aliphatic heterocycles. The van der Waals surface area contributed by atoms with Crippen LogP contribution in [-0.4, -0.2) is 8.42 Å². The van der Waals surface area contributed by atoms with Crippen LogP contribution in [0.25, 0.3) is 0 Å². The van der Waals surface area contributed by atoms with E-state index in [9.17, 15) is 17.2 Å². The van der Waals surface area contributed by atoms with Crippen molar-refractivity contribution in [3.05, 3.63) is 41.3 Å². The molecule has 1 aromatic heterocycles. The minimum atomic E-state index is -3.87. The Morgan fingerprint density at radius 2 is 1.94 bits per heavy atom. The Balaban J connectivity index is 2.39. The van der Waals surface area contributed by atoms with Crippen molar-refractivity contribution >= 4 is 32.7 Å². The van der Waals surface area contributed by atoms with E-state index < -0.39 is 21.7 Å². The first-order valence-electron chi connectivity index (χ1n) is 4.71. The van der Waals surface area contributed by atoms with Gasteiger partial charge in [0.15, 0.2) is 0 Å². The summed E-state index contributed by atoms with van der Waals surface area (Å²) in [5.74, 6) is -1.96. The quantitative estimate of drug-likeness (QED) is 0.853.